The van der Waals surface area contributed by atoms with E-state index in [2.05, 4.69) is 5.32 Å². The highest BCUT2D eigenvalue weighted by Crippen LogP contribution is 2.24. The summed E-state index contributed by atoms with van der Waals surface area (Å²) in [6.07, 6.45) is 0. The Bertz CT molecular complexity index is 692. The molecule has 2 aromatic rings. The molecule has 0 saturated carbocycles. The molecular weight excluding hydrogens is 365 g/mol. The smallest absolute Gasteiger partial charge is 0.237 e. The predicted octanol–water partition coefficient (Wildman–Crippen LogP) is 5.44. The van der Waals surface area contributed by atoms with E-state index >= 15 is 0 Å². The van der Waals surface area contributed by atoms with Gasteiger partial charge in [-0.3, -0.25) is 4.79 Å². The molecule has 0 spiro atoms. The molecule has 0 unspecified atom stereocenters. The SMILES string of the molecule is Cc1c(Cl)cccc1NC(=O)[C@H](C)SCCOc1ccc(Cl)cc1. The largest absolute Gasteiger partial charge is 0.493 e. The van der Waals surface area contributed by atoms with Crippen LogP contribution in [0.2, 0.25) is 10.0 Å². The third kappa shape index (κ3) is 5.62. The van der Waals surface area contributed by atoms with Crippen LogP contribution in [0.5, 0.6) is 5.75 Å². The van der Waals surface area contributed by atoms with E-state index < -0.39 is 0 Å². The van der Waals surface area contributed by atoms with Gasteiger partial charge in [0.25, 0.3) is 0 Å². The van der Waals surface area contributed by atoms with E-state index in [1.54, 1.807) is 30.0 Å². The highest BCUT2D eigenvalue weighted by atomic mass is 35.5. The van der Waals surface area contributed by atoms with E-state index in [1.807, 2.05) is 38.1 Å². The zero-order chi connectivity index (χ0) is 17.5. The van der Waals surface area contributed by atoms with Gasteiger partial charge < -0.3 is 10.1 Å². The molecule has 0 aromatic heterocycles. The van der Waals surface area contributed by atoms with Crippen LogP contribution in [0.3, 0.4) is 0 Å². The fourth-order valence-electron chi connectivity index (χ4n) is 1.97. The van der Waals surface area contributed by atoms with E-state index in [9.17, 15) is 4.79 Å². The van der Waals surface area contributed by atoms with Crippen molar-refractivity contribution in [1.29, 1.82) is 0 Å². The monoisotopic (exact) mass is 383 g/mol. The molecule has 0 radical (unpaired) electrons. The van der Waals surface area contributed by atoms with Crippen molar-refractivity contribution in [2.24, 2.45) is 0 Å². The lowest BCUT2D eigenvalue weighted by atomic mass is 10.2. The fraction of sp³-hybridized carbons (Fsp3) is 0.278. The predicted molar refractivity (Wildman–Crippen MR) is 104 cm³/mol. The molecule has 0 aliphatic heterocycles. The van der Waals surface area contributed by atoms with Crippen molar-refractivity contribution in [3.63, 3.8) is 0 Å². The molecule has 0 aliphatic carbocycles. The van der Waals surface area contributed by atoms with Crippen LogP contribution in [0.1, 0.15) is 12.5 Å². The van der Waals surface area contributed by atoms with Gasteiger partial charge >= 0.3 is 0 Å². The Kier molecular flexibility index (Phi) is 7.28. The first-order valence-corrected chi connectivity index (χ1v) is 9.34. The van der Waals surface area contributed by atoms with Crippen molar-refractivity contribution in [3.8, 4) is 5.75 Å². The van der Waals surface area contributed by atoms with Crippen LogP contribution in [0.4, 0.5) is 5.69 Å². The number of carbonyl (C=O) groups is 1. The van der Waals surface area contributed by atoms with Crippen LogP contribution < -0.4 is 10.1 Å². The number of hydrogen-bond acceptors (Lipinski definition) is 3. The summed E-state index contributed by atoms with van der Waals surface area (Å²) in [5.41, 5.74) is 1.62. The number of rotatable bonds is 7. The molecule has 1 atom stereocenters. The minimum Gasteiger partial charge on any atom is -0.493 e. The second-order valence-corrected chi connectivity index (χ2v) is 7.51. The van der Waals surface area contributed by atoms with Crippen LogP contribution in [-0.2, 0) is 4.79 Å². The van der Waals surface area contributed by atoms with E-state index in [0.717, 1.165) is 17.0 Å². The summed E-state index contributed by atoms with van der Waals surface area (Å²) in [5.74, 6) is 1.44. The normalized spacial score (nSPS) is 11.8. The summed E-state index contributed by atoms with van der Waals surface area (Å²) in [4.78, 5) is 12.2. The van der Waals surface area contributed by atoms with E-state index in [-0.39, 0.29) is 11.2 Å². The van der Waals surface area contributed by atoms with Crippen molar-refractivity contribution < 1.29 is 9.53 Å². The van der Waals surface area contributed by atoms with Crippen LogP contribution in [0, 0.1) is 6.92 Å². The van der Waals surface area contributed by atoms with Gasteiger partial charge in [-0.15, -0.1) is 11.8 Å². The molecule has 128 valence electrons. The van der Waals surface area contributed by atoms with Crippen molar-refractivity contribution in [1.82, 2.24) is 0 Å². The van der Waals surface area contributed by atoms with E-state index in [4.69, 9.17) is 27.9 Å². The van der Waals surface area contributed by atoms with Gasteiger partial charge in [0.2, 0.25) is 5.91 Å². The first-order chi connectivity index (χ1) is 11.5. The lowest BCUT2D eigenvalue weighted by Gasteiger charge is -2.14. The summed E-state index contributed by atoms with van der Waals surface area (Å²) in [5, 5.41) is 4.05. The van der Waals surface area contributed by atoms with Crippen molar-refractivity contribution >= 4 is 46.6 Å². The molecule has 0 saturated heterocycles. The number of halogens is 2. The highest BCUT2D eigenvalue weighted by Gasteiger charge is 2.14. The number of hydrogen-bond donors (Lipinski definition) is 1. The van der Waals surface area contributed by atoms with Gasteiger partial charge in [-0.2, -0.15) is 0 Å². The van der Waals surface area contributed by atoms with Crippen LogP contribution in [0.25, 0.3) is 0 Å². The van der Waals surface area contributed by atoms with Crippen LogP contribution in [-0.4, -0.2) is 23.5 Å². The minimum atomic E-state index is -0.183. The van der Waals surface area contributed by atoms with E-state index in [0.29, 0.717) is 22.4 Å². The van der Waals surface area contributed by atoms with Gasteiger partial charge in [0.1, 0.15) is 5.75 Å². The number of amides is 1. The Morgan fingerprint density at radius 1 is 1.21 bits per heavy atom. The van der Waals surface area contributed by atoms with Gasteiger partial charge in [0.05, 0.1) is 11.9 Å². The van der Waals surface area contributed by atoms with Gasteiger partial charge in [-0.05, 0) is 55.8 Å². The number of ether oxygens (including phenoxy) is 1. The van der Waals surface area contributed by atoms with Crippen molar-refractivity contribution in [2.45, 2.75) is 19.1 Å². The molecule has 2 aromatic carbocycles. The number of nitrogens with one attached hydrogen (secondary N) is 1. The van der Waals surface area contributed by atoms with E-state index in [1.165, 1.54) is 0 Å². The first-order valence-electron chi connectivity index (χ1n) is 7.53. The Morgan fingerprint density at radius 2 is 1.92 bits per heavy atom. The second kappa shape index (κ2) is 9.21. The van der Waals surface area contributed by atoms with Gasteiger partial charge in [0.15, 0.2) is 0 Å². The van der Waals surface area contributed by atoms with Crippen LogP contribution in [0.15, 0.2) is 42.5 Å². The lowest BCUT2D eigenvalue weighted by molar-refractivity contribution is -0.115. The molecule has 0 heterocycles. The highest BCUT2D eigenvalue weighted by molar-refractivity contribution is 8.00. The molecule has 6 heteroatoms. The average Bonchev–Trinajstić information content (AvgIpc) is 2.57. The molecule has 0 fully saturated rings. The molecule has 0 bridgehead atoms. The fourth-order valence-corrected chi connectivity index (χ4v) is 3.01. The topological polar surface area (TPSA) is 38.3 Å². The molecule has 24 heavy (non-hydrogen) atoms. The lowest BCUT2D eigenvalue weighted by Crippen LogP contribution is -2.23. The zero-order valence-corrected chi connectivity index (χ0v) is 15.8. The third-order valence-corrected chi connectivity index (χ3v) is 5.21. The molecule has 3 nitrogen and oxygen atoms in total. The Morgan fingerprint density at radius 3 is 2.62 bits per heavy atom. The maximum absolute atomic E-state index is 12.2. The third-order valence-electron chi connectivity index (χ3n) is 3.43. The average molecular weight is 384 g/mol. The number of anilines is 1. The maximum atomic E-state index is 12.2. The Balaban J connectivity index is 1.75. The number of carbonyl (C=O) groups excluding carboxylic acids is 1. The maximum Gasteiger partial charge on any atom is 0.237 e. The van der Waals surface area contributed by atoms with Gasteiger partial charge in [0, 0.05) is 21.5 Å². The summed E-state index contributed by atoms with van der Waals surface area (Å²) < 4.78 is 5.62. The summed E-state index contributed by atoms with van der Waals surface area (Å²) in [6, 6.07) is 12.7. The van der Waals surface area contributed by atoms with Crippen LogP contribution >= 0.6 is 35.0 Å². The summed E-state index contributed by atoms with van der Waals surface area (Å²) in [7, 11) is 0. The summed E-state index contributed by atoms with van der Waals surface area (Å²) >= 11 is 13.4. The van der Waals surface area contributed by atoms with Gasteiger partial charge in [-0.1, -0.05) is 29.3 Å². The number of benzene rings is 2. The zero-order valence-electron chi connectivity index (χ0n) is 13.5. The van der Waals surface area contributed by atoms with Gasteiger partial charge in [-0.25, -0.2) is 0 Å². The first kappa shape index (κ1) is 19.0. The Labute approximate surface area is 156 Å². The quantitative estimate of drug-likeness (QED) is 0.646. The van der Waals surface area contributed by atoms with Crippen molar-refractivity contribution in [2.75, 3.05) is 17.7 Å². The standard InChI is InChI=1S/C18H19Cl2NO2S/c1-12-16(20)4-3-5-17(12)21-18(22)13(2)24-11-10-23-15-8-6-14(19)7-9-15/h3-9,13H,10-11H2,1-2H3,(H,21,22)/t13-/m0/s1. The molecule has 2 rings (SSSR count). The Hall–Kier alpha value is -1.36. The molecule has 0 aliphatic rings. The minimum absolute atomic E-state index is 0.0446. The number of thioether (sulfide) groups is 1. The molecular formula is C18H19Cl2NO2S. The second-order valence-electron chi connectivity index (χ2n) is 5.22. The summed E-state index contributed by atoms with van der Waals surface area (Å²) in [6.45, 7) is 4.29. The van der Waals surface area contributed by atoms with Crippen molar-refractivity contribution in [3.05, 3.63) is 58.1 Å². The molecule has 1 N–H and O–H groups in total. The molecule has 1 amide bonds.